The van der Waals surface area contributed by atoms with E-state index in [0.717, 1.165) is 11.4 Å². The van der Waals surface area contributed by atoms with Crippen molar-refractivity contribution < 1.29 is 0 Å². The molecule has 0 unspecified atom stereocenters. The zero-order valence-electron chi connectivity index (χ0n) is 7.63. The quantitative estimate of drug-likeness (QED) is 0.516. The molecule has 0 saturated heterocycles. The van der Waals surface area contributed by atoms with Crippen molar-refractivity contribution in [2.24, 2.45) is 0 Å². The Hall–Kier alpha value is -1.27. The smallest absolute Gasteiger partial charge is 0.0409 e. The lowest BCUT2D eigenvalue weighted by molar-refractivity contribution is 1.26. The van der Waals surface area contributed by atoms with E-state index in [4.69, 9.17) is 11.6 Å². The second-order valence-electron chi connectivity index (χ2n) is 3.64. The molecule has 14 heavy (non-hydrogen) atoms. The van der Waals surface area contributed by atoms with Crippen molar-refractivity contribution in [2.45, 2.75) is 6.42 Å². The summed E-state index contributed by atoms with van der Waals surface area (Å²) in [5, 5.41) is 0.830. The summed E-state index contributed by atoms with van der Waals surface area (Å²) in [6.07, 6.45) is 1.02. The summed E-state index contributed by atoms with van der Waals surface area (Å²) in [6.45, 7) is 0. The number of hydrogen-bond donors (Lipinski definition) is 0. The third-order valence-corrected chi connectivity index (χ3v) is 2.99. The highest BCUT2D eigenvalue weighted by molar-refractivity contribution is 6.30. The van der Waals surface area contributed by atoms with Crippen LogP contribution in [0.3, 0.4) is 0 Å². The molecule has 1 aliphatic carbocycles. The molecule has 0 amide bonds. The topological polar surface area (TPSA) is 0 Å². The van der Waals surface area contributed by atoms with Crippen LogP contribution in [0, 0.1) is 0 Å². The fourth-order valence-corrected chi connectivity index (χ4v) is 2.31. The third kappa shape index (κ3) is 1.08. The molecule has 1 heteroatoms. The Bertz CT molecular complexity index is 500. The minimum absolute atomic E-state index is 0.830. The maximum atomic E-state index is 5.97. The first-order chi connectivity index (χ1) is 6.84. The van der Waals surface area contributed by atoms with Crippen LogP contribution in [0.2, 0.25) is 5.02 Å². The van der Waals surface area contributed by atoms with Crippen LogP contribution >= 0.6 is 11.6 Å². The van der Waals surface area contributed by atoms with Gasteiger partial charge in [-0.3, -0.25) is 0 Å². The summed E-state index contributed by atoms with van der Waals surface area (Å²) in [6, 6.07) is 14.7. The van der Waals surface area contributed by atoms with Crippen molar-refractivity contribution >= 4 is 11.6 Å². The summed E-state index contributed by atoms with van der Waals surface area (Å²) in [4.78, 5) is 0. The predicted molar refractivity (Wildman–Crippen MR) is 59.7 cm³/mol. The number of rotatable bonds is 0. The molecule has 2 aromatic rings. The highest BCUT2D eigenvalue weighted by Crippen LogP contribution is 2.37. The Labute approximate surface area is 88.2 Å². The Kier molecular flexibility index (Phi) is 1.65. The summed E-state index contributed by atoms with van der Waals surface area (Å²) >= 11 is 5.97. The molecular formula is C13H9Cl. The lowest BCUT2D eigenvalue weighted by atomic mass is 10.1. The van der Waals surface area contributed by atoms with Crippen LogP contribution in [0.25, 0.3) is 11.1 Å². The van der Waals surface area contributed by atoms with Gasteiger partial charge in [0, 0.05) is 5.02 Å². The van der Waals surface area contributed by atoms with Gasteiger partial charge in [0.25, 0.3) is 0 Å². The molecule has 0 atom stereocenters. The van der Waals surface area contributed by atoms with E-state index < -0.39 is 0 Å². The molecule has 1 aliphatic rings. The summed E-state index contributed by atoms with van der Waals surface area (Å²) in [5.74, 6) is 0. The average Bonchev–Trinajstić information content (AvgIpc) is 2.54. The fraction of sp³-hybridized carbons (Fsp3) is 0.0769. The largest absolute Gasteiger partial charge is 0.0843 e. The van der Waals surface area contributed by atoms with E-state index in [1.54, 1.807) is 0 Å². The molecular weight excluding hydrogens is 192 g/mol. The summed E-state index contributed by atoms with van der Waals surface area (Å²) < 4.78 is 0. The Morgan fingerprint density at radius 3 is 2.57 bits per heavy atom. The van der Waals surface area contributed by atoms with Crippen molar-refractivity contribution in [2.75, 3.05) is 0 Å². The van der Waals surface area contributed by atoms with Crippen molar-refractivity contribution in [1.82, 2.24) is 0 Å². The molecule has 0 bridgehead atoms. The van der Waals surface area contributed by atoms with Gasteiger partial charge in [0.15, 0.2) is 0 Å². The highest BCUT2D eigenvalue weighted by atomic mass is 35.5. The Balaban J connectivity index is 2.27. The highest BCUT2D eigenvalue weighted by Gasteiger charge is 2.17. The minimum atomic E-state index is 0.830. The third-order valence-electron chi connectivity index (χ3n) is 2.76. The molecule has 2 aromatic carbocycles. The van der Waals surface area contributed by atoms with Gasteiger partial charge in [-0.25, -0.2) is 0 Å². The predicted octanol–water partition coefficient (Wildman–Crippen LogP) is 3.91. The van der Waals surface area contributed by atoms with Crippen LogP contribution in [-0.4, -0.2) is 0 Å². The number of benzene rings is 2. The molecule has 0 heterocycles. The van der Waals surface area contributed by atoms with Gasteiger partial charge >= 0.3 is 0 Å². The fourth-order valence-electron chi connectivity index (χ4n) is 2.11. The van der Waals surface area contributed by atoms with Crippen LogP contribution < -0.4 is 0 Å². The van der Waals surface area contributed by atoms with E-state index in [9.17, 15) is 0 Å². The van der Waals surface area contributed by atoms with Crippen LogP contribution in [0.4, 0.5) is 0 Å². The number of hydrogen-bond acceptors (Lipinski definition) is 0. The Morgan fingerprint density at radius 1 is 0.857 bits per heavy atom. The van der Waals surface area contributed by atoms with Crippen LogP contribution in [0.5, 0.6) is 0 Å². The SMILES string of the molecule is Clc1ccc2c(c1)Cc1ccccc1-2. The van der Waals surface area contributed by atoms with Crippen molar-refractivity contribution in [1.29, 1.82) is 0 Å². The Morgan fingerprint density at radius 2 is 1.64 bits per heavy atom. The van der Waals surface area contributed by atoms with E-state index in [2.05, 4.69) is 36.4 Å². The van der Waals surface area contributed by atoms with Gasteiger partial charge in [-0.15, -0.1) is 0 Å². The van der Waals surface area contributed by atoms with Crippen molar-refractivity contribution in [3.63, 3.8) is 0 Å². The first-order valence-electron chi connectivity index (χ1n) is 4.71. The van der Waals surface area contributed by atoms with Gasteiger partial charge in [0.1, 0.15) is 0 Å². The van der Waals surface area contributed by atoms with Gasteiger partial charge in [-0.1, -0.05) is 41.9 Å². The molecule has 0 N–H and O–H groups in total. The normalized spacial score (nSPS) is 12.4. The minimum Gasteiger partial charge on any atom is -0.0843 e. The molecule has 0 aromatic heterocycles. The molecule has 68 valence electrons. The first-order valence-corrected chi connectivity index (χ1v) is 5.09. The van der Waals surface area contributed by atoms with E-state index in [-0.39, 0.29) is 0 Å². The van der Waals surface area contributed by atoms with Gasteiger partial charge in [-0.05, 0) is 40.8 Å². The van der Waals surface area contributed by atoms with E-state index >= 15 is 0 Å². The van der Waals surface area contributed by atoms with E-state index in [1.165, 1.54) is 22.3 Å². The lowest BCUT2D eigenvalue weighted by Crippen LogP contribution is -1.78. The molecule has 0 radical (unpaired) electrons. The monoisotopic (exact) mass is 200 g/mol. The van der Waals surface area contributed by atoms with Crippen LogP contribution in [-0.2, 0) is 6.42 Å². The molecule has 0 fully saturated rings. The molecule has 0 nitrogen and oxygen atoms in total. The van der Waals surface area contributed by atoms with Gasteiger partial charge in [0.2, 0.25) is 0 Å². The van der Waals surface area contributed by atoms with Gasteiger partial charge in [0.05, 0.1) is 0 Å². The standard InChI is InChI=1S/C13H9Cl/c14-11-5-6-13-10(8-11)7-9-3-1-2-4-12(9)13/h1-6,8H,7H2. The molecule has 0 spiro atoms. The molecule has 0 saturated carbocycles. The van der Waals surface area contributed by atoms with Crippen molar-refractivity contribution in [3.05, 3.63) is 58.6 Å². The lowest BCUT2D eigenvalue weighted by Gasteiger charge is -1.99. The van der Waals surface area contributed by atoms with Crippen LogP contribution in [0.1, 0.15) is 11.1 Å². The molecule has 3 rings (SSSR count). The summed E-state index contributed by atoms with van der Waals surface area (Å²) in [5.41, 5.74) is 5.45. The van der Waals surface area contributed by atoms with E-state index in [1.807, 2.05) is 6.07 Å². The second-order valence-corrected chi connectivity index (χ2v) is 4.07. The van der Waals surface area contributed by atoms with Crippen LogP contribution in [0.15, 0.2) is 42.5 Å². The first kappa shape index (κ1) is 8.07. The maximum absolute atomic E-state index is 5.97. The summed E-state index contributed by atoms with van der Waals surface area (Å²) in [7, 11) is 0. The van der Waals surface area contributed by atoms with E-state index in [0.29, 0.717) is 0 Å². The maximum Gasteiger partial charge on any atom is 0.0409 e. The van der Waals surface area contributed by atoms with Gasteiger partial charge < -0.3 is 0 Å². The zero-order valence-corrected chi connectivity index (χ0v) is 8.38. The number of halogens is 1. The molecule has 0 aliphatic heterocycles. The zero-order chi connectivity index (χ0) is 9.54. The second kappa shape index (κ2) is 2.86. The van der Waals surface area contributed by atoms with Crippen molar-refractivity contribution in [3.8, 4) is 11.1 Å². The average molecular weight is 201 g/mol. The van der Waals surface area contributed by atoms with Gasteiger partial charge in [-0.2, -0.15) is 0 Å². The number of fused-ring (bicyclic) bond motifs is 3.